The molecule has 1 aromatic carbocycles. The van der Waals surface area contributed by atoms with Crippen molar-refractivity contribution in [2.75, 3.05) is 11.4 Å². The second-order valence-corrected chi connectivity index (χ2v) is 3.92. The number of halogens is 1. The van der Waals surface area contributed by atoms with Gasteiger partial charge in [0.05, 0.1) is 11.6 Å². The summed E-state index contributed by atoms with van der Waals surface area (Å²) in [7, 11) is 0. The van der Waals surface area contributed by atoms with Crippen molar-refractivity contribution in [1.82, 2.24) is 0 Å². The lowest BCUT2D eigenvalue weighted by Crippen LogP contribution is -2.28. The zero-order chi connectivity index (χ0) is 12.6. The molecule has 1 aliphatic heterocycles. The van der Waals surface area contributed by atoms with Crippen molar-refractivity contribution in [1.29, 1.82) is 0 Å². The monoisotopic (exact) mass is 238 g/mol. The minimum Gasteiger partial charge on any atom is -0.503 e. The van der Waals surface area contributed by atoms with Crippen LogP contribution in [0.5, 0.6) is 5.75 Å². The van der Waals surface area contributed by atoms with Gasteiger partial charge in [0.1, 0.15) is 0 Å². The van der Waals surface area contributed by atoms with Crippen LogP contribution in [0.2, 0.25) is 0 Å². The summed E-state index contributed by atoms with van der Waals surface area (Å²) in [5.41, 5.74) is 5.18. The van der Waals surface area contributed by atoms with E-state index in [0.717, 1.165) is 6.07 Å². The Balaban J connectivity index is 2.32. The van der Waals surface area contributed by atoms with Gasteiger partial charge in [0.2, 0.25) is 11.8 Å². The van der Waals surface area contributed by atoms with E-state index in [2.05, 4.69) is 0 Å². The molecule has 2 rings (SSSR count). The molecule has 1 atom stereocenters. The second-order valence-electron chi connectivity index (χ2n) is 3.92. The lowest BCUT2D eigenvalue weighted by Gasteiger charge is -2.17. The molecular weight excluding hydrogens is 227 g/mol. The molecule has 1 fully saturated rings. The lowest BCUT2D eigenvalue weighted by molar-refractivity contribution is -0.123. The summed E-state index contributed by atoms with van der Waals surface area (Å²) < 4.78 is 13.1. The molecule has 1 heterocycles. The number of carbonyl (C=O) groups excluding carboxylic acids is 2. The number of nitrogens with zero attached hydrogens (tertiary/aromatic N) is 1. The van der Waals surface area contributed by atoms with Crippen LogP contribution >= 0.6 is 0 Å². The molecule has 5 nitrogen and oxygen atoms in total. The third-order valence-electron chi connectivity index (χ3n) is 2.78. The van der Waals surface area contributed by atoms with Crippen molar-refractivity contribution in [3.8, 4) is 5.75 Å². The highest BCUT2D eigenvalue weighted by Crippen LogP contribution is 2.33. The molecule has 17 heavy (non-hydrogen) atoms. The number of phenols is 1. The van der Waals surface area contributed by atoms with Gasteiger partial charge in [-0.15, -0.1) is 0 Å². The van der Waals surface area contributed by atoms with Gasteiger partial charge in [0.25, 0.3) is 0 Å². The van der Waals surface area contributed by atoms with E-state index in [-0.39, 0.29) is 24.6 Å². The second kappa shape index (κ2) is 4.04. The third kappa shape index (κ3) is 1.93. The van der Waals surface area contributed by atoms with Crippen LogP contribution in [0.25, 0.3) is 0 Å². The smallest absolute Gasteiger partial charge is 0.227 e. The number of para-hydroxylation sites is 1. The van der Waals surface area contributed by atoms with E-state index >= 15 is 0 Å². The molecule has 3 N–H and O–H groups in total. The van der Waals surface area contributed by atoms with Crippen molar-refractivity contribution in [3.63, 3.8) is 0 Å². The number of hydrogen-bond donors (Lipinski definition) is 2. The topological polar surface area (TPSA) is 83.6 Å². The van der Waals surface area contributed by atoms with Crippen LogP contribution in [0.4, 0.5) is 10.1 Å². The summed E-state index contributed by atoms with van der Waals surface area (Å²) in [5.74, 6) is -2.92. The van der Waals surface area contributed by atoms with Crippen LogP contribution in [0.3, 0.4) is 0 Å². The predicted octanol–water partition coefficient (Wildman–Crippen LogP) is 0.369. The van der Waals surface area contributed by atoms with Crippen LogP contribution in [-0.4, -0.2) is 23.5 Å². The number of nitrogens with two attached hydrogens (primary N) is 1. The first-order chi connectivity index (χ1) is 8.00. The van der Waals surface area contributed by atoms with Gasteiger partial charge >= 0.3 is 0 Å². The number of rotatable bonds is 2. The third-order valence-corrected chi connectivity index (χ3v) is 2.78. The van der Waals surface area contributed by atoms with E-state index in [0.29, 0.717) is 0 Å². The van der Waals surface area contributed by atoms with Crippen LogP contribution in [0.1, 0.15) is 6.42 Å². The summed E-state index contributed by atoms with van der Waals surface area (Å²) >= 11 is 0. The van der Waals surface area contributed by atoms with Gasteiger partial charge in [-0.1, -0.05) is 6.07 Å². The van der Waals surface area contributed by atoms with Crippen LogP contribution in [0, 0.1) is 11.7 Å². The van der Waals surface area contributed by atoms with Crippen LogP contribution in [0.15, 0.2) is 18.2 Å². The summed E-state index contributed by atoms with van der Waals surface area (Å²) in [6, 6.07) is 3.89. The molecular formula is C11H11FN2O3. The largest absolute Gasteiger partial charge is 0.503 e. The maximum Gasteiger partial charge on any atom is 0.227 e. The molecule has 1 saturated heterocycles. The molecule has 0 bridgehead atoms. The van der Waals surface area contributed by atoms with Crippen LogP contribution < -0.4 is 10.6 Å². The first-order valence-electron chi connectivity index (χ1n) is 5.08. The molecule has 0 aliphatic carbocycles. The quantitative estimate of drug-likeness (QED) is 0.780. The lowest BCUT2D eigenvalue weighted by atomic mass is 10.1. The highest BCUT2D eigenvalue weighted by Gasteiger charge is 2.35. The molecule has 1 aliphatic rings. The maximum absolute atomic E-state index is 13.1. The first-order valence-corrected chi connectivity index (χ1v) is 5.08. The number of benzene rings is 1. The molecule has 0 spiro atoms. The Kier molecular flexibility index (Phi) is 2.71. The Morgan fingerprint density at radius 2 is 2.24 bits per heavy atom. The average molecular weight is 238 g/mol. The summed E-state index contributed by atoms with van der Waals surface area (Å²) in [5, 5.41) is 9.52. The Morgan fingerprint density at radius 3 is 2.82 bits per heavy atom. The number of anilines is 1. The normalized spacial score (nSPS) is 19.7. The van der Waals surface area contributed by atoms with Crippen molar-refractivity contribution >= 4 is 17.5 Å². The van der Waals surface area contributed by atoms with Crippen molar-refractivity contribution in [3.05, 3.63) is 24.0 Å². The van der Waals surface area contributed by atoms with Gasteiger partial charge in [-0.2, -0.15) is 0 Å². The molecule has 1 aromatic rings. The molecule has 6 heteroatoms. The van der Waals surface area contributed by atoms with Crippen molar-refractivity contribution in [2.24, 2.45) is 11.7 Å². The zero-order valence-electron chi connectivity index (χ0n) is 8.89. The van der Waals surface area contributed by atoms with E-state index in [1.54, 1.807) is 0 Å². The fourth-order valence-electron chi connectivity index (χ4n) is 1.85. The fourth-order valence-corrected chi connectivity index (χ4v) is 1.85. The molecule has 1 unspecified atom stereocenters. The minimum absolute atomic E-state index is 0.00864. The number of amides is 2. The number of hydrogen-bond acceptors (Lipinski definition) is 3. The number of primary amides is 1. The number of phenolic OH excluding ortho intramolecular Hbond substituents is 1. The van der Waals surface area contributed by atoms with Crippen LogP contribution in [-0.2, 0) is 9.59 Å². The SMILES string of the molecule is NC(=O)C1CC(=O)N(c2cccc(F)c2O)C1. The van der Waals surface area contributed by atoms with E-state index in [4.69, 9.17) is 5.73 Å². The maximum atomic E-state index is 13.1. The van der Waals surface area contributed by atoms with Gasteiger partial charge in [-0.25, -0.2) is 4.39 Å². The molecule has 0 aromatic heterocycles. The molecule has 0 saturated carbocycles. The van der Waals surface area contributed by atoms with E-state index in [1.807, 2.05) is 0 Å². The molecule has 90 valence electrons. The summed E-state index contributed by atoms with van der Waals surface area (Å²) in [4.78, 5) is 23.8. The standard InChI is InChI=1S/C11H11FN2O3/c12-7-2-1-3-8(10(7)16)14-5-6(11(13)17)4-9(14)15/h1-3,6,16H,4-5H2,(H2,13,17). The number of aromatic hydroxyl groups is 1. The van der Waals surface area contributed by atoms with Gasteiger partial charge in [-0.3, -0.25) is 9.59 Å². The number of carbonyl (C=O) groups is 2. The highest BCUT2D eigenvalue weighted by atomic mass is 19.1. The Bertz CT molecular complexity index is 490. The molecule has 2 amide bonds. The zero-order valence-corrected chi connectivity index (χ0v) is 8.89. The summed E-state index contributed by atoms with van der Waals surface area (Å²) in [6.45, 7) is 0.0746. The Morgan fingerprint density at radius 1 is 1.53 bits per heavy atom. The van der Waals surface area contributed by atoms with E-state index in [1.165, 1.54) is 17.0 Å². The first kappa shape index (κ1) is 11.4. The summed E-state index contributed by atoms with van der Waals surface area (Å²) in [6.07, 6.45) is -0.00864. The average Bonchev–Trinajstić information content (AvgIpc) is 2.65. The Hall–Kier alpha value is -2.11. The van der Waals surface area contributed by atoms with Gasteiger partial charge < -0.3 is 15.7 Å². The van der Waals surface area contributed by atoms with Gasteiger partial charge in [0.15, 0.2) is 11.6 Å². The highest BCUT2D eigenvalue weighted by molar-refractivity contribution is 6.01. The molecule has 0 radical (unpaired) electrons. The van der Waals surface area contributed by atoms with Gasteiger partial charge in [0, 0.05) is 13.0 Å². The predicted molar refractivity (Wildman–Crippen MR) is 57.7 cm³/mol. The Labute approximate surface area is 96.6 Å². The van der Waals surface area contributed by atoms with E-state index < -0.39 is 23.4 Å². The fraction of sp³-hybridized carbons (Fsp3) is 0.273. The minimum atomic E-state index is -0.808. The van der Waals surface area contributed by atoms with E-state index in [9.17, 15) is 19.1 Å². The van der Waals surface area contributed by atoms with Crippen molar-refractivity contribution < 1.29 is 19.1 Å². The van der Waals surface area contributed by atoms with Crippen molar-refractivity contribution in [2.45, 2.75) is 6.42 Å². The van der Waals surface area contributed by atoms with Gasteiger partial charge in [-0.05, 0) is 12.1 Å².